The van der Waals surface area contributed by atoms with Gasteiger partial charge in [0.25, 0.3) is 5.91 Å². The summed E-state index contributed by atoms with van der Waals surface area (Å²) in [4.78, 5) is 11.9. The first-order chi connectivity index (χ1) is 7.34. The minimum absolute atomic E-state index is 0.102. The first-order valence-corrected chi connectivity index (χ1v) is 6.32. The van der Waals surface area contributed by atoms with E-state index in [1.807, 2.05) is 32.9 Å². The largest absolute Gasteiger partial charge is 0.346 e. The van der Waals surface area contributed by atoms with E-state index in [4.69, 9.17) is 11.6 Å². The number of rotatable bonds is 3. The van der Waals surface area contributed by atoms with Crippen molar-refractivity contribution in [2.24, 2.45) is 0 Å². The van der Waals surface area contributed by atoms with Crippen molar-refractivity contribution in [1.29, 1.82) is 0 Å². The molecule has 0 fully saturated rings. The molecule has 0 bridgehead atoms. The Bertz CT molecular complexity index is 384. The molecule has 4 heteroatoms. The molecule has 2 nitrogen and oxygen atoms in total. The Morgan fingerprint density at radius 2 is 2.06 bits per heavy atom. The van der Waals surface area contributed by atoms with Crippen LogP contribution in [0.1, 0.15) is 29.8 Å². The number of hydrogen-bond acceptors (Lipinski definition) is 1. The fourth-order valence-corrected chi connectivity index (χ4v) is 1.95. The molecule has 1 aromatic carbocycles. The molecule has 0 aliphatic carbocycles. The molecule has 0 unspecified atom stereocenters. The molecule has 0 aromatic heterocycles. The summed E-state index contributed by atoms with van der Waals surface area (Å²) < 4.78 is 0.904. The van der Waals surface area contributed by atoms with Gasteiger partial charge in [-0.25, -0.2) is 0 Å². The van der Waals surface area contributed by atoms with Crippen LogP contribution in [-0.2, 0) is 0 Å². The van der Waals surface area contributed by atoms with E-state index >= 15 is 0 Å². The molecule has 0 heterocycles. The Balaban J connectivity index is 2.89. The van der Waals surface area contributed by atoms with E-state index in [2.05, 4.69) is 21.2 Å². The third-order valence-corrected chi connectivity index (χ3v) is 3.22. The van der Waals surface area contributed by atoms with Crippen LogP contribution < -0.4 is 5.32 Å². The van der Waals surface area contributed by atoms with Gasteiger partial charge in [0, 0.05) is 21.5 Å². The van der Waals surface area contributed by atoms with Crippen LogP contribution in [0.2, 0.25) is 0 Å². The number of carbonyl (C=O) groups is 1. The third-order valence-electron chi connectivity index (χ3n) is 2.09. The maximum atomic E-state index is 11.9. The molecule has 1 amide bonds. The Hall–Kier alpha value is -0.540. The minimum Gasteiger partial charge on any atom is -0.346 e. The summed E-state index contributed by atoms with van der Waals surface area (Å²) in [6.07, 6.45) is 0. The smallest absolute Gasteiger partial charge is 0.251 e. The topological polar surface area (TPSA) is 29.1 Å². The quantitative estimate of drug-likeness (QED) is 0.851. The average molecular weight is 305 g/mol. The molecule has 0 radical (unpaired) electrons. The fraction of sp³-hybridized carbons (Fsp3) is 0.417. The Morgan fingerprint density at radius 3 is 2.56 bits per heavy atom. The molecule has 88 valence electrons. The molecule has 16 heavy (non-hydrogen) atoms. The Labute approximate surface area is 110 Å². The van der Waals surface area contributed by atoms with E-state index in [0.29, 0.717) is 11.4 Å². The predicted octanol–water partition coefficient (Wildman–Crippen LogP) is 3.50. The summed E-state index contributed by atoms with van der Waals surface area (Å²) in [6.45, 7) is 5.74. The molecule has 0 saturated heterocycles. The summed E-state index contributed by atoms with van der Waals surface area (Å²) in [5, 5.41) is 2.88. The van der Waals surface area contributed by atoms with Crippen molar-refractivity contribution in [3.63, 3.8) is 0 Å². The molecular weight excluding hydrogens is 289 g/mol. The van der Waals surface area contributed by atoms with Crippen molar-refractivity contribution in [1.82, 2.24) is 5.32 Å². The van der Waals surface area contributed by atoms with E-state index in [9.17, 15) is 4.79 Å². The summed E-state index contributed by atoms with van der Waals surface area (Å²) in [7, 11) is 0. The number of alkyl halides is 1. The lowest BCUT2D eigenvalue weighted by Gasteiger charge is -2.23. The Kier molecular flexibility index (Phi) is 4.39. The zero-order valence-electron chi connectivity index (χ0n) is 9.60. The highest BCUT2D eigenvalue weighted by molar-refractivity contribution is 9.10. The molecule has 0 saturated carbocycles. The van der Waals surface area contributed by atoms with Gasteiger partial charge >= 0.3 is 0 Å². The third kappa shape index (κ3) is 3.80. The number of nitrogens with one attached hydrogen (secondary N) is 1. The van der Waals surface area contributed by atoms with Crippen LogP contribution in [0, 0.1) is 6.92 Å². The van der Waals surface area contributed by atoms with Crippen molar-refractivity contribution in [2.75, 3.05) is 5.88 Å². The van der Waals surface area contributed by atoms with Crippen molar-refractivity contribution in [3.05, 3.63) is 33.8 Å². The van der Waals surface area contributed by atoms with E-state index in [0.717, 1.165) is 10.0 Å². The van der Waals surface area contributed by atoms with Gasteiger partial charge in [-0.3, -0.25) is 4.79 Å². The number of benzene rings is 1. The van der Waals surface area contributed by atoms with E-state index in [1.165, 1.54) is 0 Å². The maximum Gasteiger partial charge on any atom is 0.251 e. The summed E-state index contributed by atoms with van der Waals surface area (Å²) in [5.74, 6) is 0.279. The summed E-state index contributed by atoms with van der Waals surface area (Å²) in [5.41, 5.74) is 1.29. The van der Waals surface area contributed by atoms with Crippen LogP contribution in [0.25, 0.3) is 0 Å². The van der Waals surface area contributed by atoms with Gasteiger partial charge in [0.1, 0.15) is 0 Å². The molecule has 1 rings (SSSR count). The first-order valence-electron chi connectivity index (χ1n) is 5.00. The maximum absolute atomic E-state index is 11.9. The number of halogens is 2. The molecular formula is C12H15BrClNO. The van der Waals surface area contributed by atoms with Gasteiger partial charge in [-0.2, -0.15) is 0 Å². The average Bonchev–Trinajstić information content (AvgIpc) is 2.15. The molecule has 0 aliphatic rings. The van der Waals surface area contributed by atoms with Gasteiger partial charge in [0.15, 0.2) is 0 Å². The fourth-order valence-electron chi connectivity index (χ4n) is 1.28. The van der Waals surface area contributed by atoms with Gasteiger partial charge in [-0.05, 0) is 44.5 Å². The normalized spacial score (nSPS) is 11.3. The zero-order valence-corrected chi connectivity index (χ0v) is 11.9. The van der Waals surface area contributed by atoms with Gasteiger partial charge < -0.3 is 5.32 Å². The van der Waals surface area contributed by atoms with Crippen molar-refractivity contribution < 1.29 is 4.79 Å². The second-order valence-corrected chi connectivity index (χ2v) is 5.67. The SMILES string of the molecule is Cc1cc(Br)cc(C(=O)NC(C)(C)CCl)c1. The van der Waals surface area contributed by atoms with Crippen LogP contribution in [0.4, 0.5) is 0 Å². The number of aryl methyl sites for hydroxylation is 1. The second kappa shape index (κ2) is 5.19. The lowest BCUT2D eigenvalue weighted by Crippen LogP contribution is -2.44. The molecule has 0 aliphatic heterocycles. The zero-order chi connectivity index (χ0) is 12.3. The lowest BCUT2D eigenvalue weighted by molar-refractivity contribution is 0.0920. The monoisotopic (exact) mass is 303 g/mol. The minimum atomic E-state index is -0.394. The van der Waals surface area contributed by atoms with Crippen LogP contribution in [-0.4, -0.2) is 17.3 Å². The highest BCUT2D eigenvalue weighted by Gasteiger charge is 2.20. The number of amides is 1. The highest BCUT2D eigenvalue weighted by atomic mass is 79.9. The van der Waals surface area contributed by atoms with Crippen molar-refractivity contribution >= 4 is 33.4 Å². The highest BCUT2D eigenvalue weighted by Crippen LogP contribution is 2.16. The van der Waals surface area contributed by atoms with E-state index < -0.39 is 5.54 Å². The molecule has 0 atom stereocenters. The van der Waals surface area contributed by atoms with Crippen LogP contribution >= 0.6 is 27.5 Å². The van der Waals surface area contributed by atoms with Gasteiger partial charge in [0.2, 0.25) is 0 Å². The van der Waals surface area contributed by atoms with Gasteiger partial charge in [-0.1, -0.05) is 15.9 Å². The molecule has 1 N–H and O–H groups in total. The summed E-state index contributed by atoms with van der Waals surface area (Å²) in [6, 6.07) is 5.61. The van der Waals surface area contributed by atoms with Crippen LogP contribution in [0.15, 0.2) is 22.7 Å². The lowest BCUT2D eigenvalue weighted by atomic mass is 10.1. The van der Waals surface area contributed by atoms with Crippen LogP contribution in [0.5, 0.6) is 0 Å². The molecule has 1 aromatic rings. The number of hydrogen-bond donors (Lipinski definition) is 1. The van der Waals surface area contributed by atoms with Crippen LogP contribution in [0.3, 0.4) is 0 Å². The first kappa shape index (κ1) is 13.5. The molecule has 0 spiro atoms. The summed E-state index contributed by atoms with van der Waals surface area (Å²) >= 11 is 9.14. The standard InChI is InChI=1S/C12H15BrClNO/c1-8-4-9(6-10(13)5-8)11(16)15-12(2,3)7-14/h4-6H,7H2,1-3H3,(H,15,16). The van der Waals surface area contributed by atoms with Gasteiger partial charge in [-0.15, -0.1) is 11.6 Å². The van der Waals surface area contributed by atoms with Crippen molar-refractivity contribution in [2.45, 2.75) is 26.3 Å². The van der Waals surface area contributed by atoms with Crippen molar-refractivity contribution in [3.8, 4) is 0 Å². The number of carbonyl (C=O) groups excluding carboxylic acids is 1. The van der Waals surface area contributed by atoms with E-state index in [-0.39, 0.29) is 5.91 Å². The van der Waals surface area contributed by atoms with E-state index in [1.54, 1.807) is 6.07 Å². The van der Waals surface area contributed by atoms with Gasteiger partial charge in [0.05, 0.1) is 0 Å². The Morgan fingerprint density at radius 1 is 1.44 bits per heavy atom. The second-order valence-electron chi connectivity index (χ2n) is 4.49. The predicted molar refractivity (Wildman–Crippen MR) is 71.1 cm³/mol.